The molecule has 388 valence electrons. The second kappa shape index (κ2) is 21.9. The third-order valence-corrected chi connectivity index (χ3v) is 17.1. The van der Waals surface area contributed by atoms with Crippen LogP contribution in [0.5, 0.6) is 0 Å². The van der Waals surface area contributed by atoms with Gasteiger partial charge in [0.15, 0.2) is 5.82 Å². The van der Waals surface area contributed by atoms with Gasteiger partial charge in [0.2, 0.25) is 17.7 Å². The summed E-state index contributed by atoms with van der Waals surface area (Å²) < 4.78 is 8.57. The van der Waals surface area contributed by atoms with Crippen molar-refractivity contribution in [2.75, 3.05) is 26.2 Å². The first-order valence-electron chi connectivity index (χ1n) is 25.2. The summed E-state index contributed by atoms with van der Waals surface area (Å²) in [5.41, 5.74) is 8.26. The van der Waals surface area contributed by atoms with Gasteiger partial charge in [0.05, 0.1) is 65.7 Å². The highest BCUT2D eigenvalue weighted by atomic mass is 35.5. The Morgan fingerprint density at radius 2 is 1.64 bits per heavy atom. The summed E-state index contributed by atoms with van der Waals surface area (Å²) in [4.78, 5) is 57.2. The van der Waals surface area contributed by atoms with Gasteiger partial charge in [-0.05, 0) is 87.6 Å². The van der Waals surface area contributed by atoms with E-state index < -0.39 is 29.6 Å². The molecule has 5 N–H and O–H groups in total. The fraction of sp³-hybridized carbons (Fsp3) is 0.500. The van der Waals surface area contributed by atoms with E-state index in [1.807, 2.05) is 83.1 Å². The number of ether oxygens (including phenoxy) is 1. The number of thiazole rings is 1. The Morgan fingerprint density at radius 1 is 0.945 bits per heavy atom. The largest absolute Gasteiger partial charge is 0.391 e. The van der Waals surface area contributed by atoms with E-state index in [1.165, 1.54) is 16.2 Å². The van der Waals surface area contributed by atoms with E-state index in [0.29, 0.717) is 41.7 Å². The van der Waals surface area contributed by atoms with E-state index >= 15 is 0 Å². The molecule has 3 aliphatic heterocycles. The molecule has 4 aliphatic rings. The number of benzene rings is 2. The first-order chi connectivity index (χ1) is 34.8. The molecule has 1 saturated carbocycles. The summed E-state index contributed by atoms with van der Waals surface area (Å²) in [5.74, 6) is 0.803. The first kappa shape index (κ1) is 52.5. The Morgan fingerprint density at radius 3 is 2.33 bits per heavy atom. The van der Waals surface area contributed by atoms with Gasteiger partial charge >= 0.3 is 0 Å². The quantitative estimate of drug-likeness (QED) is 0.0665. The first-order valence-corrected chi connectivity index (χ1v) is 27.3. The maximum absolute atomic E-state index is 14.4. The highest BCUT2D eigenvalue weighted by Gasteiger charge is 2.44. The van der Waals surface area contributed by atoms with Gasteiger partial charge in [0.1, 0.15) is 22.9 Å². The maximum atomic E-state index is 14.4. The second-order valence-electron chi connectivity index (χ2n) is 21.1. The number of thiophene rings is 1. The van der Waals surface area contributed by atoms with Crippen molar-refractivity contribution in [3.05, 3.63) is 116 Å². The molecule has 5 atom stereocenters. The highest BCUT2D eigenvalue weighted by molar-refractivity contribution is 7.15. The molecule has 2 aromatic carbocycles. The van der Waals surface area contributed by atoms with Crippen LogP contribution in [0.25, 0.3) is 15.4 Å². The smallest absolute Gasteiger partial charge is 0.246 e. The van der Waals surface area contributed by atoms with Crippen molar-refractivity contribution in [2.45, 2.75) is 142 Å². The molecule has 0 bridgehead atoms. The van der Waals surface area contributed by atoms with Gasteiger partial charge in [0.25, 0.3) is 0 Å². The molecule has 0 radical (unpaired) electrons. The molecular weight excluding hydrogens is 984 g/mol. The summed E-state index contributed by atoms with van der Waals surface area (Å²) in [6.45, 7) is 19.8. The number of carbonyl (C=O) groups excluding carboxylic acids is 3. The summed E-state index contributed by atoms with van der Waals surface area (Å²) in [5, 5.41) is 40.9. The van der Waals surface area contributed by atoms with Crippen molar-refractivity contribution in [2.24, 2.45) is 10.4 Å². The lowest BCUT2D eigenvalue weighted by Gasteiger charge is -2.40. The molecule has 0 spiro atoms. The van der Waals surface area contributed by atoms with Crippen molar-refractivity contribution < 1.29 is 29.3 Å². The lowest BCUT2D eigenvalue weighted by molar-refractivity contribution is -0.140. The molecule has 5 aromatic rings. The average Bonchev–Trinajstić information content (AvgIpc) is 4.13. The molecule has 1 aliphatic carbocycles. The Bertz CT molecular complexity index is 2860. The average molecular weight is 1050 g/mol. The van der Waals surface area contributed by atoms with Crippen LogP contribution in [0.15, 0.2) is 71.3 Å². The van der Waals surface area contributed by atoms with Crippen LogP contribution in [0.2, 0.25) is 5.02 Å². The zero-order valence-electron chi connectivity index (χ0n) is 42.7. The van der Waals surface area contributed by atoms with Crippen LogP contribution >= 0.6 is 34.3 Å². The minimum atomic E-state index is -0.826. The van der Waals surface area contributed by atoms with Crippen molar-refractivity contribution in [3.63, 3.8) is 0 Å². The van der Waals surface area contributed by atoms with E-state index in [9.17, 15) is 24.6 Å². The Kier molecular flexibility index (Phi) is 15.7. The van der Waals surface area contributed by atoms with Gasteiger partial charge < -0.3 is 35.8 Å². The summed E-state index contributed by atoms with van der Waals surface area (Å²) in [6.07, 6.45) is 2.79. The monoisotopic (exact) mass is 1050 g/mol. The molecule has 9 rings (SSSR count). The minimum absolute atomic E-state index is 0.00520. The number of piperidine rings is 1. The van der Waals surface area contributed by atoms with E-state index in [-0.39, 0.29) is 68.1 Å². The number of aliphatic hydroxyl groups is 2. The molecule has 73 heavy (non-hydrogen) atoms. The Labute approximate surface area is 440 Å². The number of β-amino-alcohol motifs (C(OH)–C–C–N with tert-alkyl or cyclic N) is 1. The fourth-order valence-electron chi connectivity index (χ4n) is 10.5. The van der Waals surface area contributed by atoms with Gasteiger partial charge in [-0.25, -0.2) is 4.98 Å². The van der Waals surface area contributed by atoms with Gasteiger partial charge in [0, 0.05) is 64.9 Å². The van der Waals surface area contributed by atoms with E-state index in [1.54, 1.807) is 21.7 Å². The molecule has 3 amide bonds. The molecular formula is C54H67ClN10O6S2. The summed E-state index contributed by atoms with van der Waals surface area (Å²) in [7, 11) is 0. The predicted octanol–water partition coefficient (Wildman–Crippen LogP) is 7.29. The van der Waals surface area contributed by atoms with Crippen LogP contribution in [0, 0.1) is 26.2 Å². The van der Waals surface area contributed by atoms with Crippen LogP contribution in [0.1, 0.15) is 123 Å². The second-order valence-corrected chi connectivity index (χ2v) is 23.6. The molecule has 3 fully saturated rings. The number of hydrogen-bond donors (Lipinski definition) is 5. The van der Waals surface area contributed by atoms with Crippen LogP contribution in [0.3, 0.4) is 0 Å². The third-order valence-electron chi connectivity index (χ3n) is 14.7. The van der Waals surface area contributed by atoms with Crippen LogP contribution < -0.4 is 16.0 Å². The maximum Gasteiger partial charge on any atom is 0.246 e. The fourth-order valence-corrected chi connectivity index (χ4v) is 12.6. The number of amides is 3. The van der Waals surface area contributed by atoms with Crippen molar-refractivity contribution in [3.8, 4) is 15.4 Å². The van der Waals surface area contributed by atoms with Gasteiger partial charge in [-0.15, -0.1) is 32.9 Å². The lowest BCUT2D eigenvalue weighted by atomic mass is 9.85. The zero-order chi connectivity index (χ0) is 51.9. The summed E-state index contributed by atoms with van der Waals surface area (Å²) in [6, 6.07) is 13.7. The number of aliphatic imine (C=N–C) groups is 1. The Hall–Kier alpha value is -5.34. The van der Waals surface area contributed by atoms with Crippen molar-refractivity contribution >= 4 is 57.7 Å². The number of rotatable bonds is 16. The number of nitrogens with zero attached hydrogens (tertiary/aromatic N) is 7. The van der Waals surface area contributed by atoms with Crippen molar-refractivity contribution in [1.29, 1.82) is 0 Å². The molecule has 16 nitrogen and oxygen atoms in total. The van der Waals surface area contributed by atoms with Crippen LogP contribution in [-0.4, -0.2) is 126 Å². The number of halogens is 1. The molecule has 6 heterocycles. The summed E-state index contributed by atoms with van der Waals surface area (Å²) >= 11 is 9.44. The van der Waals surface area contributed by atoms with E-state index in [4.69, 9.17) is 21.3 Å². The van der Waals surface area contributed by atoms with Gasteiger partial charge in [-0.2, -0.15) is 0 Å². The van der Waals surface area contributed by atoms with Crippen molar-refractivity contribution in [1.82, 2.24) is 45.5 Å². The number of hydrogen-bond acceptors (Lipinski definition) is 14. The number of nitrogens with one attached hydrogen (secondary N) is 3. The zero-order valence-corrected chi connectivity index (χ0v) is 45.0. The van der Waals surface area contributed by atoms with Gasteiger partial charge in [-0.3, -0.25) is 28.8 Å². The number of aromatic nitrogens is 4. The molecule has 19 heteroatoms. The van der Waals surface area contributed by atoms with Crippen LogP contribution in [0.4, 0.5) is 0 Å². The topological polar surface area (TPSA) is 199 Å². The lowest BCUT2D eigenvalue weighted by Crippen LogP contribution is -2.58. The molecule has 0 unspecified atom stereocenters. The number of aliphatic hydroxyl groups excluding tert-OH is 2. The normalized spacial score (nSPS) is 22.1. The van der Waals surface area contributed by atoms with E-state index in [2.05, 4.69) is 61.0 Å². The Balaban J connectivity index is 0.735. The number of likely N-dealkylation sites (tertiary alicyclic amines) is 2. The minimum Gasteiger partial charge on any atom is -0.391 e. The molecule has 2 saturated heterocycles. The SMILES string of the molecule is C=C(N[C@@H](C)c1ccc(-c2scnc2CO)cc1)[C@@H]1C[C@@H](O)CN1C(=O)[C@@H](NC(=O)CN1CCC(OC2CC(NC(=O)C[C@@H]3N=C(c4ccc(Cl)cc4)c4c(sc(C)c4C)-n4c(C)nnc43)C2)CC1)C(C)(C)C. The van der Waals surface area contributed by atoms with Gasteiger partial charge in [-0.1, -0.05) is 75.3 Å². The highest BCUT2D eigenvalue weighted by Crippen LogP contribution is 2.40. The number of aryl methyl sites for hydroxylation is 2. The standard InChI is InChI=1S/C54H67ClN10O6S2/c1-29-32(4)73-53-47(29)48(35-13-15-37(55)16-14-35)59-42(51-62-61-33(5)65(51)53)24-45(68)58-38-21-41(22-38)71-40-17-19-63(20-18-40)26-46(69)60-50(54(6,7)8)52(70)64-25-39(67)23-44(64)31(3)57-30(2)34-9-11-36(12-10-34)49-43(27-66)56-28-72-49/h9-16,28,30,38-42,44,50,57,66-67H,3,17-27H2,1-2,4-8H3,(H,58,68)(H,60,69)/t30-,38?,39+,41?,42-,44-,50+/m0/s1. The number of fused-ring (bicyclic) bond motifs is 3. The van der Waals surface area contributed by atoms with E-state index in [0.717, 1.165) is 74.9 Å². The third kappa shape index (κ3) is 11.5. The molecule has 3 aromatic heterocycles. The number of carbonyl (C=O) groups is 3. The predicted molar refractivity (Wildman–Crippen MR) is 285 cm³/mol. The van der Waals surface area contributed by atoms with Crippen LogP contribution in [-0.2, 0) is 25.7 Å².